The van der Waals surface area contributed by atoms with E-state index >= 15 is 0 Å². The van der Waals surface area contributed by atoms with Crippen LogP contribution in [0.2, 0.25) is 0 Å². The van der Waals surface area contributed by atoms with Gasteiger partial charge in [-0.3, -0.25) is 9.59 Å². The summed E-state index contributed by atoms with van der Waals surface area (Å²) in [6, 6.07) is 0. The quantitative estimate of drug-likeness (QED) is 0.789. The molecule has 0 aromatic carbocycles. The van der Waals surface area contributed by atoms with Crippen LogP contribution in [0.5, 0.6) is 0 Å². The molecule has 0 spiro atoms. The number of aliphatic carboxylic acids is 1. The fraction of sp³-hybridized carbons (Fsp3) is 0.889. The van der Waals surface area contributed by atoms with E-state index in [1.165, 1.54) is 0 Å². The van der Waals surface area contributed by atoms with Gasteiger partial charge in [-0.25, -0.2) is 0 Å². The summed E-state index contributed by atoms with van der Waals surface area (Å²) in [5.41, 5.74) is -0.834. The number of likely N-dealkylation sites (tertiary alicyclic amines) is 2. The van der Waals surface area contributed by atoms with Crippen molar-refractivity contribution >= 4 is 11.9 Å². The Bertz CT molecular complexity index is 470. The van der Waals surface area contributed by atoms with Crippen LogP contribution in [0, 0.1) is 22.7 Å². The number of carboxylic acid groups (broad SMARTS) is 1. The maximum Gasteiger partial charge on any atom is 0.313 e. The lowest BCUT2D eigenvalue weighted by molar-refractivity contribution is -0.155. The second-order valence-electron chi connectivity index (χ2n) is 8.06. The van der Waals surface area contributed by atoms with Gasteiger partial charge in [-0.05, 0) is 46.7 Å². The van der Waals surface area contributed by atoms with Crippen LogP contribution in [0.3, 0.4) is 0 Å². The second-order valence-corrected chi connectivity index (χ2v) is 8.06. The zero-order chi connectivity index (χ0) is 18.7. The number of rotatable bonds is 3. The molecule has 0 saturated carbocycles. The van der Waals surface area contributed by atoms with Crippen molar-refractivity contribution in [2.24, 2.45) is 22.7 Å². The fourth-order valence-corrected chi connectivity index (χ4v) is 3.74. The van der Waals surface area contributed by atoms with Gasteiger partial charge in [0.25, 0.3) is 0 Å². The van der Waals surface area contributed by atoms with E-state index < -0.39 is 11.4 Å². The molecule has 2 heterocycles. The summed E-state index contributed by atoms with van der Waals surface area (Å²) in [5, 5.41) is 8.93. The first kappa shape index (κ1) is 20.9. The van der Waals surface area contributed by atoms with Gasteiger partial charge in [0.05, 0.1) is 17.4 Å². The van der Waals surface area contributed by atoms with Gasteiger partial charge >= 0.3 is 11.9 Å². The summed E-state index contributed by atoms with van der Waals surface area (Å²) in [7, 11) is 4.01. The van der Waals surface area contributed by atoms with Crippen LogP contribution >= 0.6 is 0 Å². The number of carbonyl (C=O) groups is 2. The van der Waals surface area contributed by atoms with Gasteiger partial charge in [-0.1, -0.05) is 13.8 Å². The fourth-order valence-electron chi connectivity index (χ4n) is 3.74. The lowest BCUT2D eigenvalue weighted by atomic mass is 9.81. The molecule has 0 bridgehead atoms. The predicted octanol–water partition coefficient (Wildman–Crippen LogP) is 1.80. The second kappa shape index (κ2) is 7.83. The molecule has 4 atom stereocenters. The van der Waals surface area contributed by atoms with Gasteiger partial charge in [-0.2, -0.15) is 0 Å². The van der Waals surface area contributed by atoms with Gasteiger partial charge in [-0.15, -0.1) is 0 Å². The smallest absolute Gasteiger partial charge is 0.313 e. The molecule has 2 rings (SSSR count). The monoisotopic (exact) mass is 342 g/mol. The number of ether oxygens (including phenoxy) is 1. The first-order valence-electron chi connectivity index (χ1n) is 8.75. The van der Waals surface area contributed by atoms with Gasteiger partial charge < -0.3 is 19.6 Å². The normalized spacial score (nSPS) is 37.0. The highest BCUT2D eigenvalue weighted by Crippen LogP contribution is 2.36. The maximum absolute atomic E-state index is 11.7. The van der Waals surface area contributed by atoms with Gasteiger partial charge in [0.15, 0.2) is 0 Å². The van der Waals surface area contributed by atoms with Crippen LogP contribution in [-0.2, 0) is 14.3 Å². The number of carbonyl (C=O) groups excluding carboxylic acids is 1. The van der Waals surface area contributed by atoms with Crippen molar-refractivity contribution in [1.82, 2.24) is 9.80 Å². The third-order valence-corrected chi connectivity index (χ3v) is 5.77. The van der Waals surface area contributed by atoms with Crippen LogP contribution in [-0.4, -0.2) is 73.7 Å². The highest BCUT2D eigenvalue weighted by Gasteiger charge is 2.46. The minimum absolute atomic E-state index is 0.0492. The van der Waals surface area contributed by atoms with Crippen molar-refractivity contribution in [1.29, 1.82) is 0 Å². The number of hydrogen-bond donors (Lipinski definition) is 1. The van der Waals surface area contributed by atoms with E-state index in [2.05, 4.69) is 16.7 Å². The molecule has 0 aliphatic carbocycles. The number of esters is 1. The molecule has 4 unspecified atom stereocenters. The zero-order valence-corrected chi connectivity index (χ0v) is 16.3. The first-order chi connectivity index (χ1) is 11.0. The summed E-state index contributed by atoms with van der Waals surface area (Å²) < 4.78 is 5.08. The van der Waals surface area contributed by atoms with E-state index in [0.717, 1.165) is 19.6 Å². The zero-order valence-electron chi connectivity index (χ0n) is 16.3. The number of hydrogen-bond acceptors (Lipinski definition) is 5. The third-order valence-electron chi connectivity index (χ3n) is 5.77. The largest absolute Gasteiger partial charge is 0.481 e. The molecule has 140 valence electrons. The van der Waals surface area contributed by atoms with Gasteiger partial charge in [0.1, 0.15) is 0 Å². The molecule has 2 saturated heterocycles. The van der Waals surface area contributed by atoms with Crippen molar-refractivity contribution in [3.63, 3.8) is 0 Å². The molecule has 2 fully saturated rings. The van der Waals surface area contributed by atoms with Crippen LogP contribution in [0.4, 0.5) is 0 Å². The van der Waals surface area contributed by atoms with E-state index in [-0.39, 0.29) is 17.3 Å². The van der Waals surface area contributed by atoms with Crippen LogP contribution in [0.1, 0.15) is 34.6 Å². The standard InChI is InChI=1S/C10H19NO2.C8H15NO2/c1-5-13-9(12)10(3)7-11(4)6-8(10)2;1-6-4-9(3)5-8(6,2)7(10)11/h8H,5-7H2,1-4H3;6H,4-5H2,1-3H3,(H,10,11). The van der Waals surface area contributed by atoms with Crippen molar-refractivity contribution in [2.45, 2.75) is 34.6 Å². The third kappa shape index (κ3) is 4.28. The molecule has 2 aliphatic heterocycles. The molecule has 6 heteroatoms. The predicted molar refractivity (Wildman–Crippen MR) is 93.8 cm³/mol. The van der Waals surface area contributed by atoms with Crippen LogP contribution in [0.25, 0.3) is 0 Å². The maximum atomic E-state index is 11.7. The molecule has 2 aliphatic rings. The Morgan fingerprint density at radius 1 is 1.04 bits per heavy atom. The highest BCUT2D eigenvalue weighted by molar-refractivity contribution is 5.77. The van der Waals surface area contributed by atoms with Gasteiger partial charge in [0, 0.05) is 26.2 Å². The Labute approximate surface area is 146 Å². The van der Waals surface area contributed by atoms with Crippen molar-refractivity contribution in [2.75, 3.05) is 46.9 Å². The summed E-state index contributed by atoms with van der Waals surface area (Å²) in [5.74, 6) is -0.0808. The van der Waals surface area contributed by atoms with Crippen molar-refractivity contribution < 1.29 is 19.4 Å². The molecular formula is C18H34N2O4. The average Bonchev–Trinajstić information content (AvgIpc) is 2.88. The highest BCUT2D eigenvalue weighted by atomic mass is 16.5. The van der Waals surface area contributed by atoms with Crippen LogP contribution < -0.4 is 0 Å². The topological polar surface area (TPSA) is 70.1 Å². The number of carboxylic acids is 1. The lowest BCUT2D eigenvalue weighted by Gasteiger charge is -2.25. The SMILES string of the molecule is CC1CN(C)CC1(C)C(=O)O.CCOC(=O)C1(C)CN(C)CC1C. The van der Waals surface area contributed by atoms with E-state index in [1.54, 1.807) is 0 Å². The molecule has 0 aromatic rings. The van der Waals surface area contributed by atoms with E-state index in [1.807, 2.05) is 41.8 Å². The number of nitrogens with zero attached hydrogens (tertiary/aromatic N) is 2. The molecule has 24 heavy (non-hydrogen) atoms. The van der Waals surface area contributed by atoms with Crippen molar-refractivity contribution in [3.05, 3.63) is 0 Å². The summed E-state index contributed by atoms with van der Waals surface area (Å²) >= 11 is 0. The Hall–Kier alpha value is -1.14. The van der Waals surface area contributed by atoms with E-state index in [4.69, 9.17) is 9.84 Å². The molecule has 0 amide bonds. The minimum atomic E-state index is -0.672. The Kier molecular flexibility index (Phi) is 6.82. The Balaban J connectivity index is 0.000000243. The lowest BCUT2D eigenvalue weighted by Crippen LogP contribution is -2.36. The molecule has 6 nitrogen and oxygen atoms in total. The minimum Gasteiger partial charge on any atom is -0.481 e. The molecular weight excluding hydrogens is 308 g/mol. The van der Waals surface area contributed by atoms with Crippen LogP contribution in [0.15, 0.2) is 0 Å². The summed E-state index contributed by atoms with van der Waals surface area (Å²) in [6.45, 7) is 13.6. The summed E-state index contributed by atoms with van der Waals surface area (Å²) in [6.07, 6.45) is 0. The Morgan fingerprint density at radius 2 is 1.46 bits per heavy atom. The van der Waals surface area contributed by atoms with Gasteiger partial charge in [0.2, 0.25) is 0 Å². The van der Waals surface area contributed by atoms with Crippen molar-refractivity contribution in [3.8, 4) is 0 Å². The molecule has 0 radical (unpaired) electrons. The van der Waals surface area contributed by atoms with E-state index in [9.17, 15) is 9.59 Å². The molecule has 0 aromatic heterocycles. The first-order valence-corrected chi connectivity index (χ1v) is 8.75. The summed E-state index contributed by atoms with van der Waals surface area (Å²) in [4.78, 5) is 26.8. The molecule has 1 N–H and O–H groups in total. The Morgan fingerprint density at radius 3 is 1.71 bits per heavy atom. The average molecular weight is 342 g/mol. The van der Waals surface area contributed by atoms with E-state index in [0.29, 0.717) is 19.1 Å².